The molecule has 0 atom stereocenters. The summed E-state index contributed by atoms with van der Waals surface area (Å²) in [5.41, 5.74) is 3.10. The molecular formula is C14H18N2. The normalized spacial score (nSPS) is 16.8. The van der Waals surface area contributed by atoms with Crippen LogP contribution >= 0.6 is 0 Å². The number of nitrogens with zero attached hydrogens (tertiary/aromatic N) is 1. The van der Waals surface area contributed by atoms with Crippen LogP contribution in [0.2, 0.25) is 0 Å². The highest BCUT2D eigenvalue weighted by Gasteiger charge is 2.13. The summed E-state index contributed by atoms with van der Waals surface area (Å²) in [6.07, 6.45) is 6.55. The molecule has 1 aliphatic rings. The van der Waals surface area contributed by atoms with Crippen LogP contribution in [0, 0.1) is 18.3 Å². The third-order valence-electron chi connectivity index (χ3n) is 3.33. The van der Waals surface area contributed by atoms with Gasteiger partial charge in [0, 0.05) is 11.7 Å². The fourth-order valence-electron chi connectivity index (χ4n) is 2.31. The van der Waals surface area contributed by atoms with Crippen molar-refractivity contribution in [2.45, 2.75) is 45.1 Å². The van der Waals surface area contributed by atoms with Crippen molar-refractivity contribution in [3.05, 3.63) is 29.3 Å². The van der Waals surface area contributed by atoms with Crippen LogP contribution in [-0.2, 0) is 0 Å². The van der Waals surface area contributed by atoms with Gasteiger partial charge in [0.1, 0.15) is 0 Å². The first-order valence-electron chi connectivity index (χ1n) is 6.07. The van der Waals surface area contributed by atoms with E-state index in [2.05, 4.69) is 18.3 Å². The van der Waals surface area contributed by atoms with E-state index in [-0.39, 0.29) is 0 Å². The molecule has 0 radical (unpaired) electrons. The zero-order valence-electron chi connectivity index (χ0n) is 9.79. The van der Waals surface area contributed by atoms with E-state index in [9.17, 15) is 0 Å². The molecule has 1 aliphatic carbocycles. The molecule has 0 aliphatic heterocycles. The zero-order valence-corrected chi connectivity index (χ0v) is 9.79. The monoisotopic (exact) mass is 214 g/mol. The lowest BCUT2D eigenvalue weighted by Gasteiger charge is -2.24. The lowest BCUT2D eigenvalue weighted by molar-refractivity contribution is 0.462. The average molecular weight is 214 g/mol. The van der Waals surface area contributed by atoms with Crippen LogP contribution in [0.1, 0.15) is 43.2 Å². The maximum atomic E-state index is 8.88. The number of nitriles is 1. The van der Waals surface area contributed by atoms with Gasteiger partial charge in [-0.3, -0.25) is 0 Å². The van der Waals surface area contributed by atoms with E-state index in [0.717, 1.165) is 11.3 Å². The van der Waals surface area contributed by atoms with Crippen LogP contribution in [-0.4, -0.2) is 6.04 Å². The highest BCUT2D eigenvalue weighted by Crippen LogP contribution is 2.24. The van der Waals surface area contributed by atoms with Gasteiger partial charge in [0.15, 0.2) is 0 Å². The maximum Gasteiger partial charge on any atom is 0.0992 e. The van der Waals surface area contributed by atoms with Gasteiger partial charge in [0.2, 0.25) is 0 Å². The van der Waals surface area contributed by atoms with Crippen molar-refractivity contribution < 1.29 is 0 Å². The molecule has 1 N–H and O–H groups in total. The number of hydrogen-bond donors (Lipinski definition) is 1. The van der Waals surface area contributed by atoms with E-state index in [4.69, 9.17) is 5.26 Å². The molecule has 2 rings (SSSR count). The van der Waals surface area contributed by atoms with Crippen molar-refractivity contribution in [1.82, 2.24) is 0 Å². The minimum absolute atomic E-state index is 0.599. The minimum Gasteiger partial charge on any atom is -0.382 e. The van der Waals surface area contributed by atoms with Crippen LogP contribution in [0.5, 0.6) is 0 Å². The van der Waals surface area contributed by atoms with Crippen LogP contribution in [0.3, 0.4) is 0 Å². The van der Waals surface area contributed by atoms with Crippen molar-refractivity contribution in [3.8, 4) is 6.07 Å². The molecule has 0 amide bonds. The second kappa shape index (κ2) is 5.03. The standard InChI is InChI=1S/C14H18N2/c1-11-7-8-12(10-15)9-14(11)16-13-5-3-2-4-6-13/h7-9,13,16H,2-6H2,1H3. The van der Waals surface area contributed by atoms with Gasteiger partial charge >= 0.3 is 0 Å². The molecule has 1 aromatic carbocycles. The summed E-state index contributed by atoms with van der Waals surface area (Å²) in [5.74, 6) is 0. The Balaban J connectivity index is 2.10. The van der Waals surface area contributed by atoms with Gasteiger partial charge < -0.3 is 5.32 Å². The molecule has 0 aromatic heterocycles. The molecular weight excluding hydrogens is 196 g/mol. The fourth-order valence-corrected chi connectivity index (χ4v) is 2.31. The molecule has 0 spiro atoms. The fraction of sp³-hybridized carbons (Fsp3) is 0.500. The van der Waals surface area contributed by atoms with E-state index < -0.39 is 0 Å². The number of benzene rings is 1. The first-order chi connectivity index (χ1) is 7.79. The van der Waals surface area contributed by atoms with Crippen LogP contribution < -0.4 is 5.32 Å². The molecule has 84 valence electrons. The number of hydrogen-bond acceptors (Lipinski definition) is 2. The van der Waals surface area contributed by atoms with Crippen LogP contribution in [0.4, 0.5) is 5.69 Å². The van der Waals surface area contributed by atoms with E-state index in [1.54, 1.807) is 0 Å². The summed E-state index contributed by atoms with van der Waals surface area (Å²) in [4.78, 5) is 0. The Hall–Kier alpha value is -1.49. The Kier molecular flexibility index (Phi) is 3.46. The van der Waals surface area contributed by atoms with Crippen LogP contribution in [0.15, 0.2) is 18.2 Å². The van der Waals surface area contributed by atoms with E-state index in [1.807, 2.05) is 18.2 Å². The second-order valence-electron chi connectivity index (χ2n) is 4.62. The van der Waals surface area contributed by atoms with Gasteiger partial charge in [-0.2, -0.15) is 5.26 Å². The van der Waals surface area contributed by atoms with Crippen molar-refractivity contribution >= 4 is 5.69 Å². The second-order valence-corrected chi connectivity index (χ2v) is 4.62. The van der Waals surface area contributed by atoms with Gasteiger partial charge in [-0.25, -0.2) is 0 Å². The van der Waals surface area contributed by atoms with Gasteiger partial charge in [-0.15, -0.1) is 0 Å². The summed E-state index contributed by atoms with van der Waals surface area (Å²) < 4.78 is 0. The molecule has 2 heteroatoms. The van der Waals surface area contributed by atoms with E-state index in [1.165, 1.54) is 37.7 Å². The molecule has 16 heavy (non-hydrogen) atoms. The Labute approximate surface area is 97.3 Å². The molecule has 1 aromatic rings. The average Bonchev–Trinajstić information content (AvgIpc) is 2.33. The highest BCUT2D eigenvalue weighted by molar-refractivity contribution is 5.55. The first kappa shape index (κ1) is 11.0. The van der Waals surface area contributed by atoms with Crippen molar-refractivity contribution in [2.24, 2.45) is 0 Å². The van der Waals surface area contributed by atoms with Gasteiger partial charge in [-0.05, 0) is 37.5 Å². The smallest absolute Gasteiger partial charge is 0.0992 e. The Morgan fingerprint density at radius 3 is 2.69 bits per heavy atom. The number of anilines is 1. The van der Waals surface area contributed by atoms with Crippen molar-refractivity contribution in [2.75, 3.05) is 5.32 Å². The zero-order chi connectivity index (χ0) is 11.4. The summed E-state index contributed by atoms with van der Waals surface area (Å²) in [6, 6.07) is 8.65. The molecule has 0 bridgehead atoms. The predicted molar refractivity (Wildman–Crippen MR) is 66.4 cm³/mol. The SMILES string of the molecule is Cc1ccc(C#N)cc1NC1CCCCC1. The topological polar surface area (TPSA) is 35.8 Å². The molecule has 0 heterocycles. The minimum atomic E-state index is 0.599. The molecule has 0 saturated heterocycles. The quantitative estimate of drug-likeness (QED) is 0.816. The third-order valence-corrected chi connectivity index (χ3v) is 3.33. The van der Waals surface area contributed by atoms with Gasteiger partial charge in [-0.1, -0.05) is 25.3 Å². The van der Waals surface area contributed by atoms with Crippen molar-refractivity contribution in [3.63, 3.8) is 0 Å². The highest BCUT2D eigenvalue weighted by atomic mass is 14.9. The largest absolute Gasteiger partial charge is 0.382 e. The van der Waals surface area contributed by atoms with Crippen molar-refractivity contribution in [1.29, 1.82) is 5.26 Å². The number of nitrogens with one attached hydrogen (secondary N) is 1. The number of rotatable bonds is 2. The summed E-state index contributed by atoms with van der Waals surface area (Å²) >= 11 is 0. The molecule has 1 fully saturated rings. The van der Waals surface area contributed by atoms with E-state index in [0.29, 0.717) is 6.04 Å². The Morgan fingerprint density at radius 1 is 1.25 bits per heavy atom. The van der Waals surface area contributed by atoms with E-state index >= 15 is 0 Å². The van der Waals surface area contributed by atoms with Gasteiger partial charge in [0.25, 0.3) is 0 Å². The lowest BCUT2D eigenvalue weighted by atomic mass is 9.95. The maximum absolute atomic E-state index is 8.88. The summed E-state index contributed by atoms with van der Waals surface area (Å²) in [6.45, 7) is 2.09. The lowest BCUT2D eigenvalue weighted by Crippen LogP contribution is -2.22. The Morgan fingerprint density at radius 2 is 2.00 bits per heavy atom. The summed E-state index contributed by atoms with van der Waals surface area (Å²) in [5, 5.41) is 12.5. The third kappa shape index (κ3) is 2.55. The molecule has 0 unspecified atom stereocenters. The molecule has 1 saturated carbocycles. The van der Waals surface area contributed by atoms with Crippen LogP contribution in [0.25, 0.3) is 0 Å². The van der Waals surface area contributed by atoms with Gasteiger partial charge in [0.05, 0.1) is 11.6 Å². The molecule has 2 nitrogen and oxygen atoms in total. The number of aryl methyl sites for hydroxylation is 1. The Bertz CT molecular complexity index is 398. The predicted octanol–water partition coefficient (Wildman–Crippen LogP) is 3.61. The first-order valence-corrected chi connectivity index (χ1v) is 6.07. The summed E-state index contributed by atoms with van der Waals surface area (Å²) in [7, 11) is 0.